The molecule has 0 aliphatic heterocycles. The van der Waals surface area contributed by atoms with E-state index in [1.54, 1.807) is 6.08 Å². The van der Waals surface area contributed by atoms with Crippen molar-refractivity contribution in [3.05, 3.63) is 12.7 Å². The molecule has 78 valence electrons. The Morgan fingerprint density at radius 3 is 2.86 bits per heavy atom. The van der Waals surface area contributed by atoms with Crippen LogP contribution in [0.5, 0.6) is 0 Å². The molecule has 1 atom stereocenters. The highest BCUT2D eigenvalue weighted by atomic mass is 16.5. The third-order valence-corrected chi connectivity index (χ3v) is 1.77. The predicted octanol–water partition coefficient (Wildman–Crippen LogP) is 2.69. The molecule has 2 heteroatoms. The van der Waals surface area contributed by atoms with Gasteiger partial charge < -0.3 is 4.74 Å². The summed E-state index contributed by atoms with van der Waals surface area (Å²) in [4.78, 5) is 10.1. The number of rotatable bonds is 7. The molecular formula is C12H18O2. The van der Waals surface area contributed by atoms with E-state index in [9.17, 15) is 4.79 Å². The maximum absolute atomic E-state index is 10.1. The van der Waals surface area contributed by atoms with Crippen molar-refractivity contribution in [3.63, 3.8) is 0 Å². The molecule has 0 aromatic rings. The highest BCUT2D eigenvalue weighted by molar-refractivity contribution is 5.38. The summed E-state index contributed by atoms with van der Waals surface area (Å²) in [6.07, 6.45) is 6.38. The minimum absolute atomic E-state index is 0.313. The van der Waals surface area contributed by atoms with Gasteiger partial charge in [0, 0.05) is 12.8 Å². The number of hydrogen-bond acceptors (Lipinski definition) is 2. The van der Waals surface area contributed by atoms with E-state index < -0.39 is 0 Å². The fourth-order valence-corrected chi connectivity index (χ4v) is 1.02. The van der Waals surface area contributed by atoms with Crippen molar-refractivity contribution in [1.29, 1.82) is 0 Å². The lowest BCUT2D eigenvalue weighted by Crippen LogP contribution is -2.07. The van der Waals surface area contributed by atoms with Gasteiger partial charge in [0.05, 0.1) is 0 Å². The normalized spacial score (nSPS) is 10.9. The Bertz CT molecular complexity index is 200. The lowest BCUT2D eigenvalue weighted by atomic mass is 10.2. The van der Waals surface area contributed by atoms with Crippen LogP contribution in [0.3, 0.4) is 0 Å². The predicted molar refractivity (Wildman–Crippen MR) is 57.7 cm³/mol. The molecule has 1 unspecified atom stereocenters. The van der Waals surface area contributed by atoms with Crippen molar-refractivity contribution in [2.24, 2.45) is 0 Å². The van der Waals surface area contributed by atoms with Crippen LogP contribution < -0.4 is 0 Å². The zero-order valence-electron chi connectivity index (χ0n) is 8.79. The summed E-state index contributed by atoms with van der Waals surface area (Å²) in [7, 11) is 0. The second-order valence-electron chi connectivity index (χ2n) is 3.02. The summed E-state index contributed by atoms with van der Waals surface area (Å²) in [5, 5.41) is 0. The largest absolute Gasteiger partial charge is 0.451 e. The molecule has 14 heavy (non-hydrogen) atoms. The van der Waals surface area contributed by atoms with Gasteiger partial charge in [-0.25, -0.2) is 0 Å². The van der Waals surface area contributed by atoms with Crippen LogP contribution in [0.15, 0.2) is 12.7 Å². The highest BCUT2D eigenvalue weighted by Crippen LogP contribution is 1.99. The molecule has 0 aromatic carbocycles. The number of ether oxygens (including phenoxy) is 1. The molecule has 0 fully saturated rings. The van der Waals surface area contributed by atoms with Gasteiger partial charge >= 0.3 is 0 Å². The van der Waals surface area contributed by atoms with E-state index in [2.05, 4.69) is 25.3 Å². The van der Waals surface area contributed by atoms with Gasteiger partial charge in [-0.2, -0.15) is 0 Å². The fourth-order valence-electron chi connectivity index (χ4n) is 1.02. The van der Waals surface area contributed by atoms with Crippen LogP contribution in [0.4, 0.5) is 0 Å². The molecule has 0 rings (SSSR count). The first-order valence-electron chi connectivity index (χ1n) is 5.03. The van der Waals surface area contributed by atoms with Gasteiger partial charge in [-0.1, -0.05) is 37.7 Å². The van der Waals surface area contributed by atoms with E-state index in [1.807, 2.05) is 0 Å². The summed E-state index contributed by atoms with van der Waals surface area (Å²) in [5.41, 5.74) is 0. The Morgan fingerprint density at radius 1 is 1.50 bits per heavy atom. The van der Waals surface area contributed by atoms with Crippen LogP contribution in [0.25, 0.3) is 0 Å². The number of carbonyl (C=O) groups is 1. The number of unbranched alkanes of at least 4 members (excludes halogenated alkanes) is 3. The molecule has 0 aliphatic rings. The van der Waals surface area contributed by atoms with Crippen molar-refractivity contribution >= 4 is 6.47 Å². The summed E-state index contributed by atoms with van der Waals surface area (Å²) in [6.45, 7) is 6.17. The quantitative estimate of drug-likeness (QED) is 0.269. The molecule has 0 heterocycles. The average Bonchev–Trinajstić information content (AvgIpc) is 2.18. The molecule has 0 saturated heterocycles. The topological polar surface area (TPSA) is 26.3 Å². The zero-order chi connectivity index (χ0) is 10.6. The van der Waals surface area contributed by atoms with Crippen molar-refractivity contribution in [3.8, 4) is 11.8 Å². The maximum atomic E-state index is 10.1. The minimum atomic E-state index is -0.313. The maximum Gasteiger partial charge on any atom is 0.294 e. The monoisotopic (exact) mass is 194 g/mol. The Hall–Kier alpha value is -1.23. The smallest absolute Gasteiger partial charge is 0.294 e. The van der Waals surface area contributed by atoms with Crippen molar-refractivity contribution in [2.45, 2.75) is 45.1 Å². The van der Waals surface area contributed by atoms with Gasteiger partial charge in [0.15, 0.2) is 6.10 Å². The Labute approximate surface area is 86.3 Å². The first-order chi connectivity index (χ1) is 6.85. The minimum Gasteiger partial charge on any atom is -0.451 e. The molecule has 2 nitrogen and oxygen atoms in total. The van der Waals surface area contributed by atoms with Crippen molar-refractivity contribution < 1.29 is 9.53 Å². The van der Waals surface area contributed by atoms with Gasteiger partial charge in [0.25, 0.3) is 6.47 Å². The Kier molecular flexibility index (Phi) is 8.99. The van der Waals surface area contributed by atoms with Gasteiger partial charge in [-0.05, 0) is 6.42 Å². The zero-order valence-corrected chi connectivity index (χ0v) is 8.79. The van der Waals surface area contributed by atoms with E-state index in [0.29, 0.717) is 12.9 Å². The van der Waals surface area contributed by atoms with E-state index in [-0.39, 0.29) is 6.10 Å². The van der Waals surface area contributed by atoms with E-state index in [4.69, 9.17) is 4.74 Å². The number of hydrogen-bond donors (Lipinski definition) is 0. The Morgan fingerprint density at radius 2 is 2.29 bits per heavy atom. The molecule has 0 spiro atoms. The fraction of sp³-hybridized carbons (Fsp3) is 0.583. The SMILES string of the molecule is C=CCC(C#CCCCCC)OC=O. The third-order valence-electron chi connectivity index (χ3n) is 1.77. The first kappa shape index (κ1) is 12.8. The van der Waals surface area contributed by atoms with Crippen LogP contribution in [-0.2, 0) is 9.53 Å². The third kappa shape index (κ3) is 7.42. The molecule has 0 aromatic heterocycles. The van der Waals surface area contributed by atoms with Crippen LogP contribution in [0, 0.1) is 11.8 Å². The second-order valence-corrected chi connectivity index (χ2v) is 3.02. The summed E-state index contributed by atoms with van der Waals surface area (Å²) in [5.74, 6) is 5.91. The molecular weight excluding hydrogens is 176 g/mol. The summed E-state index contributed by atoms with van der Waals surface area (Å²) < 4.78 is 4.76. The van der Waals surface area contributed by atoms with E-state index >= 15 is 0 Å². The van der Waals surface area contributed by atoms with Crippen molar-refractivity contribution in [2.75, 3.05) is 0 Å². The summed E-state index contributed by atoms with van der Waals surface area (Å²) in [6, 6.07) is 0. The Balaban J connectivity index is 3.74. The number of carbonyl (C=O) groups excluding carboxylic acids is 1. The lowest BCUT2D eigenvalue weighted by Gasteiger charge is -2.03. The standard InChI is InChI=1S/C12H18O2/c1-3-5-6-7-8-10-12(9-4-2)14-11-13/h4,11-12H,2-3,5-7,9H2,1H3. The van der Waals surface area contributed by atoms with Gasteiger partial charge in [-0.3, -0.25) is 4.79 Å². The summed E-state index contributed by atoms with van der Waals surface area (Å²) >= 11 is 0. The van der Waals surface area contributed by atoms with Crippen LogP contribution >= 0.6 is 0 Å². The van der Waals surface area contributed by atoms with Crippen molar-refractivity contribution in [1.82, 2.24) is 0 Å². The molecule has 0 aliphatic carbocycles. The van der Waals surface area contributed by atoms with Crippen LogP contribution in [-0.4, -0.2) is 12.6 Å². The highest BCUT2D eigenvalue weighted by Gasteiger charge is 2.00. The molecule has 0 radical (unpaired) electrons. The van der Waals surface area contributed by atoms with Crippen LogP contribution in [0.1, 0.15) is 39.0 Å². The molecule has 0 amide bonds. The average molecular weight is 194 g/mol. The van der Waals surface area contributed by atoms with Crippen LogP contribution in [0.2, 0.25) is 0 Å². The van der Waals surface area contributed by atoms with E-state index in [1.165, 1.54) is 12.8 Å². The molecule has 0 bridgehead atoms. The molecule has 0 N–H and O–H groups in total. The van der Waals surface area contributed by atoms with Gasteiger partial charge in [-0.15, -0.1) is 6.58 Å². The van der Waals surface area contributed by atoms with Gasteiger partial charge in [0.2, 0.25) is 0 Å². The van der Waals surface area contributed by atoms with Gasteiger partial charge in [0.1, 0.15) is 0 Å². The first-order valence-corrected chi connectivity index (χ1v) is 5.03. The van der Waals surface area contributed by atoms with E-state index in [0.717, 1.165) is 12.8 Å². The molecule has 0 saturated carbocycles. The second kappa shape index (κ2) is 9.85. The lowest BCUT2D eigenvalue weighted by molar-refractivity contribution is -0.131.